The molecule has 4 nitrogen and oxygen atoms in total. The maximum Gasteiger partial charge on any atom is 0.106 e. The van der Waals surface area contributed by atoms with Crippen LogP contribution in [0.5, 0.6) is 0 Å². The van der Waals surface area contributed by atoms with E-state index >= 15 is 0 Å². The summed E-state index contributed by atoms with van der Waals surface area (Å²) in [5.74, 6) is 0. The fourth-order valence-corrected chi connectivity index (χ4v) is 2.99. The van der Waals surface area contributed by atoms with Crippen LogP contribution in [0.4, 0.5) is 5.69 Å². The van der Waals surface area contributed by atoms with Crippen LogP contribution in [0.1, 0.15) is 26.3 Å². The predicted octanol–water partition coefficient (Wildman–Crippen LogP) is 4.51. The lowest BCUT2D eigenvalue weighted by molar-refractivity contribution is 0.355. The Kier molecular flexibility index (Phi) is 3.63. The van der Waals surface area contributed by atoms with Crippen molar-refractivity contribution in [2.45, 2.75) is 32.9 Å². The first kappa shape index (κ1) is 14.4. The Morgan fingerprint density at radius 1 is 1.33 bits per heavy atom. The van der Waals surface area contributed by atoms with Gasteiger partial charge < -0.3 is 5.32 Å². The van der Waals surface area contributed by atoms with Crippen LogP contribution in [0.15, 0.2) is 30.0 Å². The first-order chi connectivity index (χ1) is 9.95. The van der Waals surface area contributed by atoms with Crippen molar-refractivity contribution in [1.82, 2.24) is 14.8 Å². The normalized spacial score (nSPS) is 12.0. The van der Waals surface area contributed by atoms with Gasteiger partial charge in [-0.1, -0.05) is 11.6 Å². The van der Waals surface area contributed by atoms with Gasteiger partial charge in [-0.05, 0) is 32.9 Å². The third kappa shape index (κ3) is 2.89. The SMILES string of the molecule is CC(C)(C)n1cc(CNc2c(Cl)ccc3scnc23)cn1. The summed E-state index contributed by atoms with van der Waals surface area (Å²) >= 11 is 7.90. The first-order valence-electron chi connectivity index (χ1n) is 6.75. The van der Waals surface area contributed by atoms with E-state index < -0.39 is 0 Å². The van der Waals surface area contributed by atoms with E-state index in [2.05, 4.69) is 42.4 Å². The van der Waals surface area contributed by atoms with Crippen LogP contribution >= 0.6 is 22.9 Å². The number of hydrogen-bond donors (Lipinski definition) is 1. The number of fused-ring (bicyclic) bond motifs is 1. The van der Waals surface area contributed by atoms with Gasteiger partial charge in [-0.2, -0.15) is 5.10 Å². The van der Waals surface area contributed by atoms with Crippen molar-refractivity contribution in [3.05, 3.63) is 40.6 Å². The van der Waals surface area contributed by atoms with Crippen LogP contribution in [-0.4, -0.2) is 14.8 Å². The van der Waals surface area contributed by atoms with Crippen LogP contribution in [0.25, 0.3) is 10.2 Å². The van der Waals surface area contributed by atoms with Gasteiger partial charge in [-0.15, -0.1) is 11.3 Å². The van der Waals surface area contributed by atoms with Gasteiger partial charge in [0.1, 0.15) is 5.52 Å². The number of halogens is 1. The Morgan fingerprint density at radius 3 is 2.86 bits per heavy atom. The summed E-state index contributed by atoms with van der Waals surface area (Å²) in [6.45, 7) is 7.06. The maximum atomic E-state index is 6.29. The molecule has 2 aromatic heterocycles. The molecular weight excluding hydrogens is 304 g/mol. The van der Waals surface area contributed by atoms with E-state index in [4.69, 9.17) is 11.6 Å². The van der Waals surface area contributed by atoms with Crippen molar-refractivity contribution in [2.75, 3.05) is 5.32 Å². The van der Waals surface area contributed by atoms with Crippen molar-refractivity contribution < 1.29 is 0 Å². The van der Waals surface area contributed by atoms with E-state index in [-0.39, 0.29) is 5.54 Å². The van der Waals surface area contributed by atoms with Crippen LogP contribution < -0.4 is 5.32 Å². The monoisotopic (exact) mass is 320 g/mol. The molecule has 0 atom stereocenters. The van der Waals surface area contributed by atoms with Crippen molar-refractivity contribution >= 4 is 38.8 Å². The average Bonchev–Trinajstić information content (AvgIpc) is 3.05. The Morgan fingerprint density at radius 2 is 2.14 bits per heavy atom. The second-order valence-corrected chi connectivity index (χ2v) is 7.23. The molecule has 110 valence electrons. The molecule has 2 heterocycles. The summed E-state index contributed by atoms with van der Waals surface area (Å²) in [6.07, 6.45) is 3.94. The summed E-state index contributed by atoms with van der Waals surface area (Å²) in [7, 11) is 0. The molecule has 21 heavy (non-hydrogen) atoms. The number of nitrogens with zero attached hydrogens (tertiary/aromatic N) is 3. The highest BCUT2D eigenvalue weighted by Gasteiger charge is 2.14. The number of aromatic nitrogens is 3. The quantitative estimate of drug-likeness (QED) is 0.772. The highest BCUT2D eigenvalue weighted by atomic mass is 35.5. The van der Waals surface area contributed by atoms with E-state index in [1.807, 2.05) is 28.5 Å². The van der Waals surface area contributed by atoms with Crippen LogP contribution in [0, 0.1) is 0 Å². The van der Waals surface area contributed by atoms with Gasteiger partial charge >= 0.3 is 0 Å². The summed E-state index contributed by atoms with van der Waals surface area (Å²) in [6, 6.07) is 3.90. The van der Waals surface area contributed by atoms with Crippen molar-refractivity contribution in [3.8, 4) is 0 Å². The molecule has 0 bridgehead atoms. The standard InChI is InChI=1S/C15H17ClN4S/c1-15(2,3)20-8-10(7-19-20)6-17-13-11(16)4-5-12-14(13)18-9-21-12/h4-5,7-9,17H,6H2,1-3H3. The third-order valence-electron chi connectivity index (χ3n) is 3.24. The zero-order valence-corrected chi connectivity index (χ0v) is 13.8. The van der Waals surface area contributed by atoms with Crippen LogP contribution in [0.2, 0.25) is 5.02 Å². The summed E-state index contributed by atoms with van der Waals surface area (Å²) < 4.78 is 3.10. The molecule has 0 unspecified atom stereocenters. The molecular formula is C15H17ClN4S. The number of benzene rings is 1. The molecule has 0 radical (unpaired) electrons. The van der Waals surface area contributed by atoms with Gasteiger partial charge in [0.15, 0.2) is 0 Å². The number of hydrogen-bond acceptors (Lipinski definition) is 4. The highest BCUT2D eigenvalue weighted by molar-refractivity contribution is 7.16. The molecule has 0 saturated carbocycles. The van der Waals surface area contributed by atoms with E-state index in [9.17, 15) is 0 Å². The lowest BCUT2D eigenvalue weighted by atomic mass is 10.1. The van der Waals surface area contributed by atoms with E-state index in [1.54, 1.807) is 11.3 Å². The Balaban J connectivity index is 1.82. The lowest BCUT2D eigenvalue weighted by Crippen LogP contribution is -2.21. The fraction of sp³-hybridized carbons (Fsp3) is 0.333. The summed E-state index contributed by atoms with van der Waals surface area (Å²) in [4.78, 5) is 4.39. The minimum absolute atomic E-state index is 0.00910. The predicted molar refractivity (Wildman–Crippen MR) is 89.2 cm³/mol. The number of nitrogens with one attached hydrogen (secondary N) is 1. The minimum atomic E-state index is -0.00910. The largest absolute Gasteiger partial charge is 0.378 e. The fourth-order valence-electron chi connectivity index (χ4n) is 2.08. The Labute approximate surface area is 132 Å². The van der Waals surface area contributed by atoms with Crippen LogP contribution in [-0.2, 0) is 12.1 Å². The maximum absolute atomic E-state index is 6.29. The second kappa shape index (κ2) is 5.31. The van der Waals surface area contributed by atoms with E-state index in [1.165, 1.54) is 0 Å². The molecule has 0 saturated heterocycles. The molecule has 1 aromatic carbocycles. The highest BCUT2D eigenvalue weighted by Crippen LogP contribution is 2.32. The second-order valence-electron chi connectivity index (χ2n) is 5.94. The zero-order chi connectivity index (χ0) is 15.0. The molecule has 0 amide bonds. The molecule has 3 aromatic rings. The van der Waals surface area contributed by atoms with Gasteiger partial charge in [0.25, 0.3) is 0 Å². The van der Waals surface area contributed by atoms with Gasteiger partial charge in [0, 0.05) is 18.3 Å². The van der Waals surface area contributed by atoms with Gasteiger partial charge in [-0.3, -0.25) is 4.68 Å². The van der Waals surface area contributed by atoms with Gasteiger partial charge in [-0.25, -0.2) is 4.98 Å². The van der Waals surface area contributed by atoms with Crippen LogP contribution in [0.3, 0.4) is 0 Å². The first-order valence-corrected chi connectivity index (χ1v) is 8.00. The van der Waals surface area contributed by atoms with Crippen molar-refractivity contribution in [1.29, 1.82) is 0 Å². The van der Waals surface area contributed by atoms with Crippen molar-refractivity contribution in [3.63, 3.8) is 0 Å². The van der Waals surface area contributed by atoms with Crippen molar-refractivity contribution in [2.24, 2.45) is 0 Å². The lowest BCUT2D eigenvalue weighted by Gasteiger charge is -2.18. The Bertz CT molecular complexity index is 769. The third-order valence-corrected chi connectivity index (χ3v) is 4.35. The molecule has 6 heteroatoms. The minimum Gasteiger partial charge on any atom is -0.378 e. The zero-order valence-electron chi connectivity index (χ0n) is 12.2. The number of rotatable bonds is 3. The molecule has 3 rings (SSSR count). The topological polar surface area (TPSA) is 42.7 Å². The number of thiazole rings is 1. The molecule has 0 aliphatic rings. The summed E-state index contributed by atoms with van der Waals surface area (Å²) in [5, 5.41) is 8.48. The smallest absolute Gasteiger partial charge is 0.106 e. The van der Waals surface area contributed by atoms with E-state index in [0.29, 0.717) is 11.6 Å². The summed E-state index contributed by atoms with van der Waals surface area (Å²) in [5.41, 5.74) is 4.76. The van der Waals surface area contributed by atoms with Gasteiger partial charge in [0.05, 0.1) is 32.7 Å². The molecule has 0 aliphatic heterocycles. The molecule has 0 fully saturated rings. The average molecular weight is 321 g/mol. The number of anilines is 1. The van der Waals surface area contributed by atoms with E-state index in [0.717, 1.165) is 21.5 Å². The Hall–Kier alpha value is -1.59. The molecule has 0 spiro atoms. The molecule has 1 N–H and O–H groups in total. The van der Waals surface area contributed by atoms with Gasteiger partial charge in [0.2, 0.25) is 0 Å². The molecule has 0 aliphatic carbocycles.